The van der Waals surface area contributed by atoms with Crippen LogP contribution in [-0.4, -0.2) is 59.8 Å². The summed E-state index contributed by atoms with van der Waals surface area (Å²) < 4.78 is 5.19. The fourth-order valence-corrected chi connectivity index (χ4v) is 2.91. The second-order valence-corrected chi connectivity index (χ2v) is 5.80. The molecule has 2 fully saturated rings. The summed E-state index contributed by atoms with van der Waals surface area (Å²) in [6.45, 7) is 4.82. The Labute approximate surface area is 111 Å². The number of nitrogens with one attached hydrogen (secondary N) is 2. The largest absolute Gasteiger partial charge is 0.442 e. The molecule has 2 heterocycles. The van der Waals surface area contributed by atoms with E-state index < -0.39 is 0 Å². The van der Waals surface area contributed by atoms with Crippen LogP contribution in [-0.2, 0) is 9.53 Å². The maximum atomic E-state index is 11.8. The molecule has 2 saturated heterocycles. The van der Waals surface area contributed by atoms with Crippen LogP contribution in [0.5, 0.6) is 0 Å². The van der Waals surface area contributed by atoms with Crippen molar-refractivity contribution < 1.29 is 14.3 Å². The second kappa shape index (κ2) is 5.79. The third kappa shape index (κ3) is 3.08. The molecule has 0 radical (unpaired) electrons. The van der Waals surface area contributed by atoms with Crippen molar-refractivity contribution >= 4 is 23.8 Å². The number of amides is 2. The molecule has 102 valence electrons. The van der Waals surface area contributed by atoms with Crippen molar-refractivity contribution in [2.75, 3.05) is 24.7 Å². The van der Waals surface area contributed by atoms with Gasteiger partial charge in [0.15, 0.2) is 0 Å². The molecule has 18 heavy (non-hydrogen) atoms. The fourth-order valence-electron chi connectivity index (χ4n) is 1.97. The van der Waals surface area contributed by atoms with Crippen LogP contribution < -0.4 is 10.6 Å². The van der Waals surface area contributed by atoms with Gasteiger partial charge in [-0.05, 0) is 13.8 Å². The molecule has 0 aromatic carbocycles. The Morgan fingerprint density at radius 3 is 3.00 bits per heavy atom. The number of ether oxygens (including phenoxy) is 1. The molecule has 2 atom stereocenters. The van der Waals surface area contributed by atoms with Crippen LogP contribution in [0.25, 0.3) is 0 Å². The van der Waals surface area contributed by atoms with Gasteiger partial charge >= 0.3 is 6.09 Å². The van der Waals surface area contributed by atoms with Gasteiger partial charge in [0.25, 0.3) is 0 Å². The van der Waals surface area contributed by atoms with Gasteiger partial charge in [0.1, 0.15) is 6.10 Å². The van der Waals surface area contributed by atoms with Crippen molar-refractivity contribution in [1.29, 1.82) is 0 Å². The molecule has 0 spiro atoms. The average molecular weight is 273 g/mol. The zero-order chi connectivity index (χ0) is 13.1. The number of carbonyl (C=O) groups excluding carboxylic acids is 2. The second-order valence-electron chi connectivity index (χ2n) is 4.77. The van der Waals surface area contributed by atoms with Gasteiger partial charge in [0.2, 0.25) is 5.91 Å². The summed E-state index contributed by atoms with van der Waals surface area (Å²) in [6, 6.07) is 0.0133. The van der Waals surface area contributed by atoms with Gasteiger partial charge in [-0.3, -0.25) is 10.1 Å². The van der Waals surface area contributed by atoms with Gasteiger partial charge < -0.3 is 15.0 Å². The first-order chi connectivity index (χ1) is 8.58. The Morgan fingerprint density at radius 1 is 1.67 bits per heavy atom. The van der Waals surface area contributed by atoms with Gasteiger partial charge in [-0.1, -0.05) is 0 Å². The van der Waals surface area contributed by atoms with E-state index in [2.05, 4.69) is 10.6 Å². The van der Waals surface area contributed by atoms with E-state index in [1.54, 1.807) is 16.7 Å². The molecule has 7 heteroatoms. The van der Waals surface area contributed by atoms with Crippen LogP contribution in [0, 0.1) is 0 Å². The summed E-state index contributed by atoms with van der Waals surface area (Å²) in [6.07, 6.45) is -0.531. The first kappa shape index (κ1) is 13.5. The highest BCUT2D eigenvalue weighted by atomic mass is 32.2. The molecule has 0 bridgehead atoms. The summed E-state index contributed by atoms with van der Waals surface area (Å²) in [4.78, 5) is 24.9. The molecule has 0 saturated carbocycles. The van der Waals surface area contributed by atoms with Gasteiger partial charge in [-0.2, -0.15) is 0 Å². The van der Waals surface area contributed by atoms with Crippen LogP contribution in [0.2, 0.25) is 0 Å². The predicted octanol–water partition coefficient (Wildman–Crippen LogP) is -0.00570. The molecule has 2 rings (SSSR count). The predicted molar refractivity (Wildman–Crippen MR) is 69.4 cm³/mol. The summed E-state index contributed by atoms with van der Waals surface area (Å²) in [5.41, 5.74) is 0. The Kier molecular flexibility index (Phi) is 4.34. The van der Waals surface area contributed by atoms with Crippen LogP contribution in [0.1, 0.15) is 13.8 Å². The lowest BCUT2D eigenvalue weighted by Crippen LogP contribution is -2.45. The first-order valence-electron chi connectivity index (χ1n) is 6.14. The molecular weight excluding hydrogens is 254 g/mol. The third-order valence-electron chi connectivity index (χ3n) is 3.06. The van der Waals surface area contributed by atoms with E-state index in [1.807, 2.05) is 13.8 Å². The number of cyclic esters (lactones) is 1. The number of rotatable bonds is 4. The molecule has 2 N–H and O–H groups in total. The summed E-state index contributed by atoms with van der Waals surface area (Å²) in [5.74, 6) is 1.60. The van der Waals surface area contributed by atoms with Gasteiger partial charge in [-0.15, -0.1) is 11.8 Å². The summed E-state index contributed by atoms with van der Waals surface area (Å²) in [7, 11) is 0. The molecule has 2 amide bonds. The molecule has 2 aliphatic rings. The molecule has 2 unspecified atom stereocenters. The van der Waals surface area contributed by atoms with E-state index in [0.29, 0.717) is 13.1 Å². The maximum Gasteiger partial charge on any atom is 0.410 e. The molecule has 6 nitrogen and oxygen atoms in total. The monoisotopic (exact) mass is 273 g/mol. The normalized spacial score (nSPS) is 27.7. The van der Waals surface area contributed by atoms with Crippen LogP contribution in [0.15, 0.2) is 0 Å². The minimum absolute atomic E-state index is 0.0148. The molecule has 2 aliphatic heterocycles. The lowest BCUT2D eigenvalue weighted by atomic mass is 10.2. The van der Waals surface area contributed by atoms with Crippen LogP contribution in [0.3, 0.4) is 0 Å². The van der Waals surface area contributed by atoms with Crippen molar-refractivity contribution in [2.45, 2.75) is 32.0 Å². The van der Waals surface area contributed by atoms with Gasteiger partial charge in [-0.25, -0.2) is 4.79 Å². The fraction of sp³-hybridized carbons (Fsp3) is 0.818. The highest BCUT2D eigenvalue weighted by molar-refractivity contribution is 7.99. The van der Waals surface area contributed by atoms with Crippen molar-refractivity contribution in [3.05, 3.63) is 0 Å². The third-order valence-corrected chi connectivity index (χ3v) is 4.00. The quantitative estimate of drug-likeness (QED) is 0.754. The molecule has 0 aromatic rings. The van der Waals surface area contributed by atoms with E-state index in [4.69, 9.17) is 4.74 Å². The van der Waals surface area contributed by atoms with E-state index >= 15 is 0 Å². The lowest BCUT2D eigenvalue weighted by molar-refractivity contribution is -0.122. The SMILES string of the molecule is CC(C)N1CC(CNC(=O)C2CSCN2)OC1=O. The van der Waals surface area contributed by atoms with Crippen LogP contribution in [0.4, 0.5) is 4.79 Å². The Balaban J connectivity index is 1.74. The zero-order valence-electron chi connectivity index (χ0n) is 10.6. The Morgan fingerprint density at radius 2 is 2.44 bits per heavy atom. The number of carbonyl (C=O) groups is 2. The standard InChI is InChI=1S/C11H19N3O3S/c1-7(2)14-4-8(17-11(14)16)3-12-10(15)9-5-18-6-13-9/h7-9,13H,3-6H2,1-2H3,(H,12,15). The average Bonchev–Trinajstić information content (AvgIpc) is 2.94. The van der Waals surface area contributed by atoms with Crippen LogP contribution >= 0.6 is 11.8 Å². The van der Waals surface area contributed by atoms with E-state index in [1.165, 1.54) is 0 Å². The Hall–Kier alpha value is -0.950. The molecule has 0 aromatic heterocycles. The van der Waals surface area contributed by atoms with Gasteiger partial charge in [0, 0.05) is 17.7 Å². The number of nitrogens with zero attached hydrogens (tertiary/aromatic N) is 1. The van der Waals surface area contributed by atoms with Crippen molar-refractivity contribution in [3.8, 4) is 0 Å². The smallest absolute Gasteiger partial charge is 0.410 e. The highest BCUT2D eigenvalue weighted by Crippen LogP contribution is 2.14. The van der Waals surface area contributed by atoms with Crippen molar-refractivity contribution in [2.24, 2.45) is 0 Å². The Bertz CT molecular complexity index is 331. The maximum absolute atomic E-state index is 11.8. The zero-order valence-corrected chi connectivity index (χ0v) is 11.5. The first-order valence-corrected chi connectivity index (χ1v) is 7.29. The topological polar surface area (TPSA) is 70.7 Å². The minimum atomic E-state index is -0.293. The summed E-state index contributed by atoms with van der Waals surface area (Å²) >= 11 is 1.71. The number of hydrogen-bond donors (Lipinski definition) is 2. The van der Waals surface area contributed by atoms with Crippen molar-refractivity contribution in [3.63, 3.8) is 0 Å². The van der Waals surface area contributed by atoms with Crippen molar-refractivity contribution in [1.82, 2.24) is 15.5 Å². The number of thioether (sulfide) groups is 1. The minimum Gasteiger partial charge on any atom is -0.442 e. The highest BCUT2D eigenvalue weighted by Gasteiger charge is 2.33. The number of hydrogen-bond acceptors (Lipinski definition) is 5. The molecule has 0 aliphatic carbocycles. The lowest BCUT2D eigenvalue weighted by Gasteiger charge is -2.17. The van der Waals surface area contributed by atoms with E-state index in [0.717, 1.165) is 11.6 Å². The van der Waals surface area contributed by atoms with E-state index in [-0.39, 0.29) is 30.2 Å². The summed E-state index contributed by atoms with van der Waals surface area (Å²) in [5, 5.41) is 5.93. The van der Waals surface area contributed by atoms with Gasteiger partial charge in [0.05, 0.1) is 19.1 Å². The molecular formula is C11H19N3O3S. The van der Waals surface area contributed by atoms with E-state index in [9.17, 15) is 9.59 Å².